The van der Waals surface area contributed by atoms with Crippen molar-refractivity contribution in [1.29, 1.82) is 0 Å². The predicted octanol–water partition coefficient (Wildman–Crippen LogP) is 2.61. The number of nitrogens with zero attached hydrogens (tertiary/aromatic N) is 6. The third kappa shape index (κ3) is 6.10. The van der Waals surface area contributed by atoms with Gasteiger partial charge in [0.05, 0.1) is 17.3 Å². The van der Waals surface area contributed by atoms with Crippen LogP contribution in [-0.2, 0) is 22.6 Å². The summed E-state index contributed by atoms with van der Waals surface area (Å²) in [6.45, 7) is 3.39. The third-order valence-electron chi connectivity index (χ3n) is 7.49. The second-order valence-corrected chi connectivity index (χ2v) is 12.1. The highest BCUT2D eigenvalue weighted by Crippen LogP contribution is 2.33. The minimum absolute atomic E-state index is 0.113. The number of aryl methyl sites for hydroxylation is 1. The van der Waals surface area contributed by atoms with Crippen LogP contribution in [0.5, 0.6) is 0 Å². The molecule has 1 aromatic carbocycles. The van der Waals surface area contributed by atoms with Crippen LogP contribution in [0.4, 0.5) is 5.82 Å². The molecule has 1 aliphatic heterocycles. The molecule has 2 aliphatic rings. The second-order valence-electron chi connectivity index (χ2n) is 10.6. The van der Waals surface area contributed by atoms with E-state index in [0.717, 1.165) is 30.1 Å². The Balaban J connectivity index is 1.16. The number of hydrogen-bond donors (Lipinski definition) is 3. The van der Waals surface area contributed by atoms with Crippen molar-refractivity contribution in [3.63, 3.8) is 0 Å². The molecule has 1 saturated carbocycles. The van der Waals surface area contributed by atoms with Crippen molar-refractivity contribution >= 4 is 57.4 Å². The fraction of sp³-hybridized carbons (Fsp3) is 0.407. The van der Waals surface area contributed by atoms with Crippen LogP contribution >= 0.6 is 22.9 Å². The SMILES string of the molecule is Cc1noc([C@H]2CC[C@H](NC(=O)C(=O)Nc3cc4ccc(Cl)cc4nn3)[C@H](NC(=O)c3nc4c(s3)CN(C)CC4)C2)n1. The molecule has 4 heterocycles. The number of fused-ring (bicyclic) bond motifs is 2. The topological polar surface area (TPSA) is 168 Å². The van der Waals surface area contributed by atoms with Crippen molar-refractivity contribution < 1.29 is 18.9 Å². The number of aromatic nitrogens is 5. The summed E-state index contributed by atoms with van der Waals surface area (Å²) < 4.78 is 5.40. The molecule has 0 bridgehead atoms. The molecule has 13 nitrogen and oxygen atoms in total. The van der Waals surface area contributed by atoms with Gasteiger partial charge in [-0.2, -0.15) is 4.98 Å². The highest BCUT2D eigenvalue weighted by atomic mass is 35.5. The van der Waals surface area contributed by atoms with Crippen LogP contribution in [0.3, 0.4) is 0 Å². The van der Waals surface area contributed by atoms with E-state index in [2.05, 4.69) is 46.2 Å². The molecule has 0 radical (unpaired) electrons. The van der Waals surface area contributed by atoms with E-state index in [1.165, 1.54) is 11.3 Å². The normalized spacial score (nSPS) is 20.6. The monoisotopic (exact) mass is 609 g/mol. The molecule has 218 valence electrons. The van der Waals surface area contributed by atoms with Gasteiger partial charge >= 0.3 is 11.8 Å². The van der Waals surface area contributed by atoms with Crippen molar-refractivity contribution in [3.8, 4) is 0 Å². The Morgan fingerprint density at radius 2 is 1.93 bits per heavy atom. The number of benzene rings is 1. The molecule has 1 fully saturated rings. The van der Waals surface area contributed by atoms with Crippen molar-refractivity contribution in [2.45, 2.75) is 57.2 Å². The summed E-state index contributed by atoms with van der Waals surface area (Å²) >= 11 is 7.38. The molecule has 42 heavy (non-hydrogen) atoms. The molecule has 0 saturated heterocycles. The largest absolute Gasteiger partial charge is 0.345 e. The Morgan fingerprint density at radius 1 is 1.07 bits per heavy atom. The van der Waals surface area contributed by atoms with E-state index in [-0.39, 0.29) is 17.6 Å². The van der Waals surface area contributed by atoms with E-state index in [4.69, 9.17) is 16.1 Å². The van der Waals surface area contributed by atoms with Gasteiger partial charge in [0.15, 0.2) is 16.6 Å². The van der Waals surface area contributed by atoms with Gasteiger partial charge in [0.25, 0.3) is 5.91 Å². The van der Waals surface area contributed by atoms with Gasteiger partial charge < -0.3 is 25.4 Å². The summed E-state index contributed by atoms with van der Waals surface area (Å²) in [5.41, 5.74) is 1.51. The molecular formula is C27H28ClN9O4S. The van der Waals surface area contributed by atoms with E-state index >= 15 is 0 Å². The van der Waals surface area contributed by atoms with Crippen molar-refractivity contribution in [2.24, 2.45) is 0 Å². The Morgan fingerprint density at radius 3 is 2.74 bits per heavy atom. The molecule has 3 atom stereocenters. The lowest BCUT2D eigenvalue weighted by Crippen LogP contribution is -2.56. The minimum Gasteiger partial charge on any atom is -0.345 e. The maximum atomic E-state index is 13.4. The number of likely N-dealkylation sites (N-methyl/N-ethyl adjacent to an activating group) is 1. The number of rotatable bonds is 5. The van der Waals surface area contributed by atoms with Crippen LogP contribution in [0.25, 0.3) is 10.9 Å². The van der Waals surface area contributed by atoms with Crippen LogP contribution in [0, 0.1) is 6.92 Å². The number of carbonyl (C=O) groups is 3. The number of hydrogen-bond acceptors (Lipinski definition) is 11. The van der Waals surface area contributed by atoms with Gasteiger partial charge in [-0.15, -0.1) is 21.5 Å². The summed E-state index contributed by atoms with van der Waals surface area (Å²) in [5.74, 6) is -1.04. The van der Waals surface area contributed by atoms with E-state index in [0.29, 0.717) is 51.9 Å². The molecule has 3 amide bonds. The van der Waals surface area contributed by atoms with Gasteiger partial charge in [-0.25, -0.2) is 4.98 Å². The van der Waals surface area contributed by atoms with E-state index in [1.807, 2.05) is 7.05 Å². The number of halogens is 1. The van der Waals surface area contributed by atoms with E-state index < -0.39 is 23.9 Å². The molecule has 1 aliphatic carbocycles. The van der Waals surface area contributed by atoms with Crippen LogP contribution < -0.4 is 16.0 Å². The highest BCUT2D eigenvalue weighted by molar-refractivity contribution is 7.13. The molecule has 15 heteroatoms. The quantitative estimate of drug-likeness (QED) is 0.286. The minimum atomic E-state index is -0.894. The summed E-state index contributed by atoms with van der Waals surface area (Å²) in [6.07, 6.45) is 2.33. The van der Waals surface area contributed by atoms with Crippen LogP contribution in [0.1, 0.15) is 57.3 Å². The molecule has 4 aromatic rings. The van der Waals surface area contributed by atoms with E-state index in [1.54, 1.807) is 31.2 Å². The average Bonchev–Trinajstić information content (AvgIpc) is 3.60. The van der Waals surface area contributed by atoms with Gasteiger partial charge in [-0.1, -0.05) is 22.8 Å². The molecule has 6 rings (SSSR count). The number of nitrogens with one attached hydrogen (secondary N) is 3. The standard InChI is InChI=1S/C27H28ClN9O4S/c1-13-29-26(41-36-13)15-4-6-17(20(9-15)31-25(40)27-32-18-7-8-37(2)12-21(18)42-27)30-23(38)24(39)33-22-10-14-3-5-16(28)11-19(14)34-35-22/h3,5,10-11,15,17,20H,4,6-9,12H2,1-2H3,(H,30,38)(H,31,40)(H,33,35,39)/t15-,17-,20+/m0/s1. The third-order valence-corrected chi connectivity index (χ3v) is 8.81. The first kappa shape index (κ1) is 28.1. The summed E-state index contributed by atoms with van der Waals surface area (Å²) in [4.78, 5) is 51.4. The lowest BCUT2D eigenvalue weighted by Gasteiger charge is -2.35. The van der Waals surface area contributed by atoms with Gasteiger partial charge in [-0.05, 0) is 51.4 Å². The fourth-order valence-electron chi connectivity index (χ4n) is 5.33. The van der Waals surface area contributed by atoms with Crippen molar-refractivity contribution in [1.82, 2.24) is 40.9 Å². The first-order valence-corrected chi connectivity index (χ1v) is 14.7. The lowest BCUT2D eigenvalue weighted by molar-refractivity contribution is -0.136. The average molecular weight is 610 g/mol. The van der Waals surface area contributed by atoms with Gasteiger partial charge in [0.2, 0.25) is 5.89 Å². The molecular weight excluding hydrogens is 582 g/mol. The van der Waals surface area contributed by atoms with Gasteiger partial charge in [0.1, 0.15) is 0 Å². The smallest absolute Gasteiger partial charge is 0.314 e. The summed E-state index contributed by atoms with van der Waals surface area (Å²) in [6, 6.07) is 5.68. The Hall–Kier alpha value is -4.01. The van der Waals surface area contributed by atoms with Crippen LogP contribution in [0.15, 0.2) is 28.8 Å². The Bertz CT molecular complexity index is 1670. The zero-order valence-corrected chi connectivity index (χ0v) is 24.5. The highest BCUT2D eigenvalue weighted by Gasteiger charge is 2.37. The van der Waals surface area contributed by atoms with Crippen molar-refractivity contribution in [2.75, 3.05) is 18.9 Å². The van der Waals surface area contributed by atoms with Crippen LogP contribution in [0.2, 0.25) is 5.02 Å². The fourth-order valence-corrected chi connectivity index (χ4v) is 6.59. The first-order valence-electron chi connectivity index (χ1n) is 13.5. The lowest BCUT2D eigenvalue weighted by atomic mass is 9.82. The second kappa shape index (κ2) is 11.7. The molecule has 3 N–H and O–H groups in total. The molecule has 3 aromatic heterocycles. The maximum absolute atomic E-state index is 13.4. The summed E-state index contributed by atoms with van der Waals surface area (Å²) in [7, 11) is 2.04. The first-order chi connectivity index (χ1) is 20.2. The number of amides is 3. The van der Waals surface area contributed by atoms with Gasteiger partial charge in [-0.3, -0.25) is 14.4 Å². The van der Waals surface area contributed by atoms with Crippen LogP contribution in [-0.4, -0.2) is 73.6 Å². The molecule has 0 spiro atoms. The van der Waals surface area contributed by atoms with Crippen molar-refractivity contribution in [3.05, 3.63) is 56.6 Å². The Kier molecular flexibility index (Phi) is 7.84. The zero-order chi connectivity index (χ0) is 29.4. The maximum Gasteiger partial charge on any atom is 0.314 e. The predicted molar refractivity (Wildman–Crippen MR) is 154 cm³/mol. The molecule has 0 unspecified atom stereocenters. The van der Waals surface area contributed by atoms with E-state index in [9.17, 15) is 14.4 Å². The Labute approximate surface area is 249 Å². The van der Waals surface area contributed by atoms with Gasteiger partial charge in [0, 0.05) is 46.8 Å². The number of thiazole rings is 1. The number of carbonyl (C=O) groups excluding carboxylic acids is 3. The summed E-state index contributed by atoms with van der Waals surface area (Å²) in [5, 5.41) is 21.9. The number of anilines is 1. The zero-order valence-electron chi connectivity index (χ0n) is 22.9.